The highest BCUT2D eigenvalue weighted by atomic mass is 32.1. The summed E-state index contributed by atoms with van der Waals surface area (Å²) in [6.07, 6.45) is -2.02. The number of halogens is 3. The molecule has 7 nitrogen and oxygen atoms in total. The molecule has 0 saturated heterocycles. The van der Waals surface area contributed by atoms with Gasteiger partial charge in [0.05, 0.1) is 16.5 Å². The van der Waals surface area contributed by atoms with E-state index in [1.165, 1.54) is 41.1 Å². The lowest BCUT2D eigenvalue weighted by Crippen LogP contribution is -2.37. The van der Waals surface area contributed by atoms with Crippen molar-refractivity contribution in [2.24, 2.45) is 5.92 Å². The number of fused-ring (bicyclic) bond motifs is 4. The minimum absolute atomic E-state index is 0.238. The molecule has 1 aliphatic rings. The van der Waals surface area contributed by atoms with Crippen LogP contribution in [0, 0.1) is 5.92 Å². The number of thiophene rings is 1. The molecule has 172 valence electrons. The third kappa shape index (κ3) is 4.49. The summed E-state index contributed by atoms with van der Waals surface area (Å²) in [4.78, 5) is 24.7. The summed E-state index contributed by atoms with van der Waals surface area (Å²) in [5, 5.41) is 8.37. The molecule has 0 unspecified atom stereocenters. The number of rotatable bonds is 5. The van der Waals surface area contributed by atoms with Crippen molar-refractivity contribution in [3.63, 3.8) is 0 Å². The third-order valence-electron chi connectivity index (χ3n) is 5.81. The zero-order chi connectivity index (χ0) is 23.2. The standard InChI is InChI=1S/C21H19F3N6OS2/c1-30(7-6-21(22,23)24)20(31)11-2-4-13-15(8-11)32-19-17(13)18(25-10-26-19)27-12-3-5-14-16(9-12)33-29-28-14/h3,5,9-11H,2,4,6-8H2,1H3,(H,25,26,27)/t11-/m0/s1. The molecule has 0 spiro atoms. The van der Waals surface area contributed by atoms with Crippen molar-refractivity contribution in [3.05, 3.63) is 35.0 Å². The Morgan fingerprint density at radius 2 is 2.15 bits per heavy atom. The monoisotopic (exact) mass is 492 g/mol. The smallest absolute Gasteiger partial charge is 0.345 e. The Labute approximate surface area is 194 Å². The lowest BCUT2D eigenvalue weighted by molar-refractivity contribution is -0.146. The highest BCUT2D eigenvalue weighted by Gasteiger charge is 2.33. The van der Waals surface area contributed by atoms with Crippen LogP contribution in [0.1, 0.15) is 23.3 Å². The lowest BCUT2D eigenvalue weighted by atomic mass is 9.87. The van der Waals surface area contributed by atoms with Gasteiger partial charge in [0.15, 0.2) is 0 Å². The highest BCUT2D eigenvalue weighted by Crippen LogP contribution is 2.41. The minimum Gasteiger partial charge on any atom is -0.345 e. The van der Waals surface area contributed by atoms with Crippen LogP contribution in [0.5, 0.6) is 0 Å². The third-order valence-corrected chi connectivity index (χ3v) is 7.66. The van der Waals surface area contributed by atoms with E-state index in [0.717, 1.165) is 36.6 Å². The van der Waals surface area contributed by atoms with E-state index < -0.39 is 12.6 Å². The fourth-order valence-corrected chi connectivity index (χ4v) is 5.99. The van der Waals surface area contributed by atoms with E-state index in [-0.39, 0.29) is 18.4 Å². The average Bonchev–Trinajstić information content (AvgIpc) is 3.40. The quantitative estimate of drug-likeness (QED) is 0.424. The van der Waals surface area contributed by atoms with Crippen LogP contribution < -0.4 is 5.32 Å². The fraction of sp³-hybridized carbons (Fsp3) is 0.381. The number of carbonyl (C=O) groups excluding carboxylic acids is 1. The molecule has 3 heterocycles. The minimum atomic E-state index is -4.27. The van der Waals surface area contributed by atoms with Crippen molar-refractivity contribution in [1.82, 2.24) is 24.5 Å². The topological polar surface area (TPSA) is 83.9 Å². The molecule has 4 aromatic rings. The van der Waals surface area contributed by atoms with Crippen LogP contribution in [0.4, 0.5) is 24.7 Å². The number of nitrogens with one attached hydrogen (secondary N) is 1. The van der Waals surface area contributed by atoms with Gasteiger partial charge in [-0.1, -0.05) is 4.49 Å². The maximum absolute atomic E-state index is 12.7. The SMILES string of the molecule is CN(CCC(F)(F)F)C(=O)[C@H]1CCc2c(sc3ncnc(Nc4ccc5nnsc5c4)c23)C1. The van der Waals surface area contributed by atoms with E-state index in [2.05, 4.69) is 24.9 Å². The second kappa shape index (κ2) is 8.49. The number of carbonyl (C=O) groups is 1. The Kier molecular flexibility index (Phi) is 5.65. The average molecular weight is 493 g/mol. The summed E-state index contributed by atoms with van der Waals surface area (Å²) in [6, 6.07) is 5.79. The molecule has 5 rings (SSSR count). The molecular formula is C21H19F3N6OS2. The first-order valence-electron chi connectivity index (χ1n) is 10.3. The number of hydrogen-bond donors (Lipinski definition) is 1. The Bertz CT molecular complexity index is 1330. The summed E-state index contributed by atoms with van der Waals surface area (Å²) in [5.41, 5.74) is 2.81. The lowest BCUT2D eigenvalue weighted by Gasteiger charge is -2.27. The second-order valence-corrected chi connectivity index (χ2v) is 9.92. The summed E-state index contributed by atoms with van der Waals surface area (Å²) < 4.78 is 42.5. The zero-order valence-electron chi connectivity index (χ0n) is 17.5. The maximum atomic E-state index is 12.7. The van der Waals surface area contributed by atoms with E-state index in [4.69, 9.17) is 0 Å². The molecule has 0 aliphatic heterocycles. The number of aryl methyl sites for hydroxylation is 1. The largest absolute Gasteiger partial charge is 0.390 e. The Morgan fingerprint density at radius 3 is 2.97 bits per heavy atom. The van der Waals surface area contributed by atoms with E-state index >= 15 is 0 Å². The van der Waals surface area contributed by atoms with E-state index in [1.54, 1.807) is 0 Å². The van der Waals surface area contributed by atoms with Gasteiger partial charge in [-0.25, -0.2) is 9.97 Å². The van der Waals surface area contributed by atoms with E-state index in [1.807, 2.05) is 18.2 Å². The Hall–Kier alpha value is -2.86. The second-order valence-electron chi connectivity index (χ2n) is 8.05. The molecule has 0 saturated carbocycles. The van der Waals surface area contributed by atoms with Gasteiger partial charge in [0.2, 0.25) is 5.91 Å². The zero-order valence-corrected chi connectivity index (χ0v) is 19.1. The van der Waals surface area contributed by atoms with Crippen molar-refractivity contribution in [2.45, 2.75) is 31.9 Å². The summed E-state index contributed by atoms with van der Waals surface area (Å²) >= 11 is 2.84. The number of hydrogen-bond acceptors (Lipinski definition) is 8. The predicted octanol–water partition coefficient (Wildman–Crippen LogP) is 4.96. The van der Waals surface area contributed by atoms with Crippen LogP contribution in [0.3, 0.4) is 0 Å². The van der Waals surface area contributed by atoms with E-state index in [9.17, 15) is 18.0 Å². The van der Waals surface area contributed by atoms with Crippen molar-refractivity contribution < 1.29 is 18.0 Å². The van der Waals surface area contributed by atoms with Crippen LogP contribution in [0.2, 0.25) is 0 Å². The maximum Gasteiger partial charge on any atom is 0.390 e. The molecule has 0 bridgehead atoms. The number of nitrogens with zero attached hydrogens (tertiary/aromatic N) is 5. The Balaban J connectivity index is 1.37. The van der Waals surface area contributed by atoms with Gasteiger partial charge in [-0.2, -0.15) is 13.2 Å². The summed E-state index contributed by atoms with van der Waals surface area (Å²) in [7, 11) is 1.44. The number of amides is 1. The molecule has 0 radical (unpaired) electrons. The molecule has 1 aliphatic carbocycles. The van der Waals surface area contributed by atoms with Crippen LogP contribution in [-0.4, -0.2) is 50.1 Å². The van der Waals surface area contributed by atoms with Gasteiger partial charge in [-0.15, -0.1) is 16.4 Å². The van der Waals surface area contributed by atoms with Crippen LogP contribution in [0.25, 0.3) is 20.4 Å². The van der Waals surface area contributed by atoms with Gasteiger partial charge in [-0.05, 0) is 54.6 Å². The van der Waals surface area contributed by atoms with Crippen molar-refractivity contribution >= 4 is 60.7 Å². The molecule has 1 aromatic carbocycles. The summed E-state index contributed by atoms with van der Waals surface area (Å²) in [6.45, 7) is -0.322. The number of aromatic nitrogens is 4. The normalized spacial score (nSPS) is 16.2. The Morgan fingerprint density at radius 1 is 1.30 bits per heavy atom. The van der Waals surface area contributed by atoms with E-state index in [0.29, 0.717) is 25.1 Å². The van der Waals surface area contributed by atoms with Crippen molar-refractivity contribution in [2.75, 3.05) is 18.9 Å². The van der Waals surface area contributed by atoms with Gasteiger partial charge < -0.3 is 10.2 Å². The number of benzene rings is 1. The molecule has 0 fully saturated rings. The molecule has 33 heavy (non-hydrogen) atoms. The summed E-state index contributed by atoms with van der Waals surface area (Å²) in [5.74, 6) is 0.133. The number of alkyl halides is 3. The molecule has 1 atom stereocenters. The fourth-order valence-electron chi connectivity index (χ4n) is 4.12. The first-order valence-corrected chi connectivity index (χ1v) is 11.9. The molecule has 3 aromatic heterocycles. The van der Waals surface area contributed by atoms with Gasteiger partial charge in [0, 0.05) is 30.1 Å². The first kappa shape index (κ1) is 22.0. The molecular weight excluding hydrogens is 473 g/mol. The van der Waals surface area contributed by atoms with Gasteiger partial charge >= 0.3 is 6.18 Å². The van der Waals surface area contributed by atoms with Crippen LogP contribution in [0.15, 0.2) is 24.5 Å². The highest BCUT2D eigenvalue weighted by molar-refractivity contribution is 7.19. The van der Waals surface area contributed by atoms with Crippen LogP contribution in [-0.2, 0) is 17.6 Å². The molecule has 12 heteroatoms. The van der Waals surface area contributed by atoms with Crippen LogP contribution >= 0.6 is 22.9 Å². The van der Waals surface area contributed by atoms with Crippen molar-refractivity contribution in [3.8, 4) is 0 Å². The predicted molar refractivity (Wildman–Crippen MR) is 122 cm³/mol. The van der Waals surface area contributed by atoms with Crippen molar-refractivity contribution in [1.29, 1.82) is 0 Å². The first-order chi connectivity index (χ1) is 15.8. The van der Waals surface area contributed by atoms with Gasteiger partial charge in [0.25, 0.3) is 0 Å². The van der Waals surface area contributed by atoms with Gasteiger partial charge in [0.1, 0.15) is 22.5 Å². The number of anilines is 2. The molecule has 1 amide bonds. The van der Waals surface area contributed by atoms with Gasteiger partial charge in [-0.3, -0.25) is 4.79 Å². The molecule has 1 N–H and O–H groups in total.